The fourth-order valence-corrected chi connectivity index (χ4v) is 10.7. The van der Waals surface area contributed by atoms with E-state index < -0.39 is 47.5 Å². The van der Waals surface area contributed by atoms with Gasteiger partial charge in [-0.3, -0.25) is 0 Å². The molecule has 0 aliphatic carbocycles. The quantitative estimate of drug-likeness (QED) is 0.0772. The molecule has 0 amide bonds. The molecular formula is C63H53BrO5. The summed E-state index contributed by atoms with van der Waals surface area (Å²) in [6.45, 7) is 0. The summed E-state index contributed by atoms with van der Waals surface area (Å²) >= 11 is 3.88. The fourth-order valence-electron chi connectivity index (χ4n) is 10.2. The highest BCUT2D eigenvalue weighted by atomic mass is 79.9. The van der Waals surface area contributed by atoms with Crippen molar-refractivity contribution >= 4 is 15.9 Å². The van der Waals surface area contributed by atoms with Crippen LogP contribution in [0.5, 0.6) is 0 Å². The first-order chi connectivity index (χ1) is 34.1. The van der Waals surface area contributed by atoms with Gasteiger partial charge in [0.25, 0.3) is 0 Å². The lowest BCUT2D eigenvalue weighted by molar-refractivity contribution is -0.332. The van der Waals surface area contributed by atoms with Crippen LogP contribution in [0.1, 0.15) is 50.1 Å². The average molecular weight is 970 g/mol. The van der Waals surface area contributed by atoms with E-state index >= 15 is 0 Å². The first-order valence-electron chi connectivity index (χ1n) is 23.5. The van der Waals surface area contributed by atoms with Crippen LogP contribution in [0.2, 0.25) is 0 Å². The third-order valence-electron chi connectivity index (χ3n) is 13.3. The Bertz CT molecular complexity index is 2660. The smallest absolute Gasteiger partial charge is 0.184 e. The highest BCUT2D eigenvalue weighted by Crippen LogP contribution is 2.50. The second-order valence-corrected chi connectivity index (χ2v) is 18.0. The van der Waals surface area contributed by atoms with E-state index in [-0.39, 0.29) is 0 Å². The maximum absolute atomic E-state index is 13.0. The molecule has 1 heterocycles. The number of hydrogen-bond acceptors (Lipinski definition) is 5. The minimum Gasteiger partial charge on any atom is -0.366 e. The Morgan fingerprint density at radius 3 is 0.696 bits per heavy atom. The van der Waals surface area contributed by atoms with Crippen LogP contribution in [0, 0.1) is 0 Å². The lowest BCUT2D eigenvalue weighted by atomic mass is 9.78. The summed E-state index contributed by atoms with van der Waals surface area (Å²) in [7, 11) is 0. The number of halogens is 1. The fraction of sp³-hybridized carbons (Fsp3) is 0.143. The van der Waals surface area contributed by atoms with Crippen molar-refractivity contribution in [3.63, 3.8) is 0 Å². The number of ether oxygens (including phenoxy) is 4. The van der Waals surface area contributed by atoms with Crippen molar-refractivity contribution in [2.75, 3.05) is 5.33 Å². The van der Waals surface area contributed by atoms with Gasteiger partial charge >= 0.3 is 0 Å². The van der Waals surface area contributed by atoms with Crippen molar-refractivity contribution < 1.29 is 24.1 Å². The molecule has 10 rings (SSSR count). The van der Waals surface area contributed by atoms with Crippen molar-refractivity contribution in [1.82, 2.24) is 0 Å². The standard InChI is InChI=1S/C63H53BrO5/c64-46-56-57(67-61(47-28-10-1-11-29-47,48-30-12-2-13-31-48)49-32-14-3-15-33-49)58(68-62(50-34-16-4-17-35-50,51-36-18-5-19-37-51)52-38-20-6-21-39-52)59(60(65)66-56)69-63(53-40-22-7-23-41-53,54-42-24-8-25-43-54)55-44-26-9-27-45-55/h1-45,56-60,65H,46H2/t56-,57+,58+,59-,60-/m0/s1. The molecular weight excluding hydrogens is 917 g/mol. The summed E-state index contributed by atoms with van der Waals surface area (Å²) in [6.07, 6.45) is -5.48. The first kappa shape index (κ1) is 46.0. The highest BCUT2D eigenvalue weighted by Gasteiger charge is 2.57. The maximum Gasteiger partial charge on any atom is 0.184 e. The van der Waals surface area contributed by atoms with Crippen LogP contribution in [-0.2, 0) is 35.8 Å². The van der Waals surface area contributed by atoms with Gasteiger partial charge in [-0.2, -0.15) is 0 Å². The van der Waals surface area contributed by atoms with Crippen LogP contribution in [0.4, 0.5) is 0 Å². The molecule has 0 saturated carbocycles. The molecule has 5 atom stereocenters. The zero-order chi connectivity index (χ0) is 46.9. The van der Waals surface area contributed by atoms with Crippen molar-refractivity contribution in [3.05, 3.63) is 323 Å². The van der Waals surface area contributed by atoms with Gasteiger partial charge in [0.05, 0.1) is 6.10 Å². The van der Waals surface area contributed by atoms with Gasteiger partial charge in [-0.25, -0.2) is 0 Å². The molecule has 0 radical (unpaired) electrons. The zero-order valence-corrected chi connectivity index (χ0v) is 39.6. The van der Waals surface area contributed by atoms with Gasteiger partial charge in [-0.15, -0.1) is 0 Å². The van der Waals surface area contributed by atoms with Crippen LogP contribution in [0.15, 0.2) is 273 Å². The molecule has 0 spiro atoms. The minimum atomic E-state index is -1.51. The summed E-state index contributed by atoms with van der Waals surface area (Å²) < 4.78 is 31.3. The molecule has 1 N–H and O–H groups in total. The molecule has 1 aliphatic rings. The second-order valence-electron chi connectivity index (χ2n) is 17.3. The third kappa shape index (κ3) is 8.81. The molecule has 9 aromatic carbocycles. The van der Waals surface area contributed by atoms with E-state index in [9.17, 15) is 5.11 Å². The molecule has 6 heteroatoms. The molecule has 0 aromatic heterocycles. The van der Waals surface area contributed by atoms with Gasteiger partial charge in [-0.1, -0.05) is 289 Å². The van der Waals surface area contributed by atoms with Crippen molar-refractivity contribution in [1.29, 1.82) is 0 Å². The monoisotopic (exact) mass is 968 g/mol. The van der Waals surface area contributed by atoms with Gasteiger partial charge in [0.2, 0.25) is 0 Å². The summed E-state index contributed by atoms with van der Waals surface area (Å²) in [5.74, 6) is 0. The van der Waals surface area contributed by atoms with Gasteiger partial charge in [0, 0.05) is 5.33 Å². The Morgan fingerprint density at radius 1 is 0.304 bits per heavy atom. The number of alkyl halides is 1. The molecule has 69 heavy (non-hydrogen) atoms. The lowest BCUT2D eigenvalue weighted by Gasteiger charge is -2.53. The van der Waals surface area contributed by atoms with E-state index in [1.807, 2.05) is 164 Å². The summed E-state index contributed by atoms with van der Waals surface area (Å²) in [6, 6.07) is 92.5. The van der Waals surface area contributed by atoms with E-state index in [0.717, 1.165) is 50.1 Å². The number of aliphatic hydroxyl groups is 1. The Kier molecular flexibility index (Phi) is 13.9. The van der Waals surface area contributed by atoms with Crippen molar-refractivity contribution in [3.8, 4) is 0 Å². The normalized spacial score (nSPS) is 18.6. The van der Waals surface area contributed by atoms with Crippen molar-refractivity contribution in [2.24, 2.45) is 0 Å². The third-order valence-corrected chi connectivity index (χ3v) is 14.0. The molecule has 1 aliphatic heterocycles. The van der Waals surface area contributed by atoms with E-state index in [4.69, 9.17) is 18.9 Å². The molecule has 5 nitrogen and oxygen atoms in total. The molecule has 1 fully saturated rings. The van der Waals surface area contributed by atoms with Crippen LogP contribution < -0.4 is 0 Å². The molecule has 9 aromatic rings. The van der Waals surface area contributed by atoms with E-state index in [0.29, 0.717) is 5.33 Å². The van der Waals surface area contributed by atoms with Gasteiger partial charge in [0.1, 0.15) is 35.1 Å². The predicted molar refractivity (Wildman–Crippen MR) is 277 cm³/mol. The highest BCUT2D eigenvalue weighted by molar-refractivity contribution is 9.09. The first-order valence-corrected chi connectivity index (χ1v) is 24.6. The number of benzene rings is 9. The van der Waals surface area contributed by atoms with Gasteiger partial charge in [-0.05, 0) is 50.1 Å². The van der Waals surface area contributed by atoms with Gasteiger partial charge in [0.15, 0.2) is 6.29 Å². The largest absolute Gasteiger partial charge is 0.366 e. The molecule has 1 saturated heterocycles. The SMILES string of the molecule is O[C@H]1O[C@@H](CBr)[C@@H](OC(c2ccccc2)(c2ccccc2)c2ccccc2)[C@@H](OC(c2ccccc2)(c2ccccc2)c2ccccc2)[C@@H]1OC(c1ccccc1)(c1ccccc1)c1ccccc1. The number of hydrogen-bond donors (Lipinski definition) is 1. The van der Waals surface area contributed by atoms with Crippen molar-refractivity contribution in [2.45, 2.75) is 47.5 Å². The van der Waals surface area contributed by atoms with Gasteiger partial charge < -0.3 is 24.1 Å². The lowest BCUT2D eigenvalue weighted by Crippen LogP contribution is -2.65. The van der Waals surface area contributed by atoms with E-state index in [1.54, 1.807) is 0 Å². The average Bonchev–Trinajstić information content (AvgIpc) is 3.44. The molecule has 0 unspecified atom stereocenters. The number of rotatable bonds is 16. The van der Waals surface area contributed by atoms with Crippen LogP contribution in [0.25, 0.3) is 0 Å². The van der Waals surface area contributed by atoms with Crippen LogP contribution in [-0.4, -0.2) is 41.1 Å². The Labute approximate surface area is 413 Å². The maximum atomic E-state index is 13.0. The zero-order valence-electron chi connectivity index (χ0n) is 38.0. The predicted octanol–water partition coefficient (Wildman–Crippen LogP) is 13.2. The molecule has 342 valence electrons. The van der Waals surface area contributed by atoms with E-state index in [2.05, 4.69) is 125 Å². The molecule has 0 bridgehead atoms. The topological polar surface area (TPSA) is 57.2 Å². The number of aliphatic hydroxyl groups excluding tert-OH is 1. The minimum absolute atomic E-state index is 0.298. The Morgan fingerprint density at radius 2 is 0.493 bits per heavy atom. The van der Waals surface area contributed by atoms with E-state index in [1.165, 1.54) is 0 Å². The summed E-state index contributed by atoms with van der Waals surface area (Å²) in [5, 5.41) is 13.3. The van der Waals surface area contributed by atoms with Crippen LogP contribution >= 0.6 is 15.9 Å². The Balaban J connectivity index is 1.29. The Hall–Kier alpha value is -6.74. The summed E-state index contributed by atoms with van der Waals surface area (Å²) in [4.78, 5) is 0. The second kappa shape index (κ2) is 20.9. The summed E-state index contributed by atoms with van der Waals surface area (Å²) in [5.41, 5.74) is 4.17. The van der Waals surface area contributed by atoms with Crippen LogP contribution in [0.3, 0.4) is 0 Å².